The van der Waals surface area contributed by atoms with E-state index in [9.17, 15) is 14.7 Å². The molecule has 0 aliphatic heterocycles. The summed E-state index contributed by atoms with van der Waals surface area (Å²) in [5.41, 5.74) is -0.0874. The van der Waals surface area contributed by atoms with Crippen molar-refractivity contribution in [1.29, 1.82) is 0 Å². The van der Waals surface area contributed by atoms with Gasteiger partial charge >= 0.3 is 5.97 Å². The summed E-state index contributed by atoms with van der Waals surface area (Å²) in [5, 5.41) is 9.91. The van der Waals surface area contributed by atoms with Gasteiger partial charge in [0.05, 0.1) is 16.0 Å². The standard InChI is InChI=1S/C14H17NO3S/c1-9(2)7-10(14(17)18)8-15-13(16)11-5-3-4-6-12(11)19-15/h3-6,9-10H,7-8H2,1-2H3,(H,17,18). The fourth-order valence-corrected chi connectivity index (χ4v) is 3.23. The minimum Gasteiger partial charge on any atom is -0.481 e. The number of carboxylic acids is 1. The van der Waals surface area contributed by atoms with Gasteiger partial charge in [-0.15, -0.1) is 0 Å². The highest BCUT2D eigenvalue weighted by molar-refractivity contribution is 7.13. The highest BCUT2D eigenvalue weighted by atomic mass is 32.1. The van der Waals surface area contributed by atoms with E-state index in [1.165, 1.54) is 11.5 Å². The Morgan fingerprint density at radius 2 is 2.05 bits per heavy atom. The second-order valence-corrected chi connectivity index (χ2v) is 6.18. The lowest BCUT2D eigenvalue weighted by molar-refractivity contribution is -0.142. The first kappa shape index (κ1) is 13.8. The lowest BCUT2D eigenvalue weighted by Gasteiger charge is -2.14. The maximum absolute atomic E-state index is 12.2. The summed E-state index contributed by atoms with van der Waals surface area (Å²) in [6.07, 6.45) is 0.579. The number of hydrogen-bond acceptors (Lipinski definition) is 3. The molecule has 0 amide bonds. The first-order valence-electron chi connectivity index (χ1n) is 6.30. The van der Waals surface area contributed by atoms with Crippen molar-refractivity contribution in [3.05, 3.63) is 34.6 Å². The summed E-state index contributed by atoms with van der Waals surface area (Å²) >= 11 is 1.34. The summed E-state index contributed by atoms with van der Waals surface area (Å²) < 4.78 is 2.47. The van der Waals surface area contributed by atoms with E-state index in [4.69, 9.17) is 0 Å². The van der Waals surface area contributed by atoms with Crippen LogP contribution in [0, 0.1) is 11.8 Å². The van der Waals surface area contributed by atoms with Gasteiger partial charge in [-0.3, -0.25) is 13.5 Å². The molecule has 0 aliphatic carbocycles. The van der Waals surface area contributed by atoms with Crippen LogP contribution < -0.4 is 5.56 Å². The monoisotopic (exact) mass is 279 g/mol. The summed E-state index contributed by atoms with van der Waals surface area (Å²) in [5.74, 6) is -1.05. The van der Waals surface area contributed by atoms with Crippen LogP contribution in [-0.2, 0) is 11.3 Å². The van der Waals surface area contributed by atoms with Gasteiger partial charge in [0.2, 0.25) is 0 Å². The summed E-state index contributed by atoms with van der Waals surface area (Å²) in [6, 6.07) is 7.37. The van der Waals surface area contributed by atoms with Gasteiger partial charge in [-0.25, -0.2) is 0 Å². The summed E-state index contributed by atoms with van der Waals surface area (Å²) in [7, 11) is 0. The molecule has 1 aromatic heterocycles. The van der Waals surface area contributed by atoms with Crippen LogP contribution in [-0.4, -0.2) is 15.0 Å². The Balaban J connectivity index is 2.31. The molecule has 1 heterocycles. The maximum Gasteiger partial charge on any atom is 0.308 e. The normalized spacial score (nSPS) is 13.0. The number of rotatable bonds is 5. The Morgan fingerprint density at radius 1 is 1.37 bits per heavy atom. The van der Waals surface area contributed by atoms with Crippen LogP contribution in [0.15, 0.2) is 29.1 Å². The fourth-order valence-electron chi connectivity index (χ4n) is 2.16. The van der Waals surface area contributed by atoms with Gasteiger partial charge in [-0.05, 0) is 24.5 Å². The number of benzene rings is 1. The lowest BCUT2D eigenvalue weighted by atomic mass is 9.97. The molecule has 2 aromatic rings. The zero-order valence-electron chi connectivity index (χ0n) is 11.0. The second kappa shape index (κ2) is 5.57. The molecule has 19 heavy (non-hydrogen) atoms. The van der Waals surface area contributed by atoms with Crippen molar-refractivity contribution in [1.82, 2.24) is 3.96 Å². The third-order valence-electron chi connectivity index (χ3n) is 3.04. The molecule has 0 radical (unpaired) electrons. The third-order valence-corrected chi connectivity index (χ3v) is 4.13. The van der Waals surface area contributed by atoms with Crippen LogP contribution in [0.5, 0.6) is 0 Å². The average Bonchev–Trinajstić information content (AvgIpc) is 2.65. The largest absolute Gasteiger partial charge is 0.481 e. The van der Waals surface area contributed by atoms with Gasteiger partial charge in [0.1, 0.15) is 0 Å². The Kier molecular flexibility index (Phi) is 4.04. The van der Waals surface area contributed by atoms with Crippen molar-refractivity contribution >= 4 is 27.6 Å². The number of aliphatic carboxylic acids is 1. The Hall–Kier alpha value is -1.62. The second-order valence-electron chi connectivity index (χ2n) is 5.12. The van der Waals surface area contributed by atoms with Crippen LogP contribution in [0.25, 0.3) is 10.1 Å². The smallest absolute Gasteiger partial charge is 0.308 e. The molecule has 4 nitrogen and oxygen atoms in total. The Labute approximate surface area is 115 Å². The van der Waals surface area contributed by atoms with Gasteiger partial charge < -0.3 is 5.11 Å². The molecule has 0 fully saturated rings. The Bertz CT molecular complexity index is 641. The van der Waals surface area contributed by atoms with E-state index in [-0.39, 0.29) is 12.1 Å². The van der Waals surface area contributed by atoms with Crippen molar-refractivity contribution in [3.8, 4) is 0 Å². The number of fused-ring (bicyclic) bond motifs is 1. The summed E-state index contributed by atoms with van der Waals surface area (Å²) in [4.78, 5) is 23.4. The van der Waals surface area contributed by atoms with E-state index in [1.807, 2.05) is 32.0 Å². The molecule has 102 valence electrons. The number of carbonyl (C=O) groups is 1. The topological polar surface area (TPSA) is 59.3 Å². The van der Waals surface area contributed by atoms with Gasteiger partial charge in [0.25, 0.3) is 5.56 Å². The molecule has 1 unspecified atom stereocenters. The van der Waals surface area contributed by atoms with Crippen LogP contribution >= 0.6 is 11.5 Å². The molecular formula is C14H17NO3S. The van der Waals surface area contributed by atoms with E-state index in [2.05, 4.69) is 0 Å². The minimum atomic E-state index is -0.835. The van der Waals surface area contributed by atoms with Crippen molar-refractivity contribution in [2.45, 2.75) is 26.8 Å². The first-order chi connectivity index (χ1) is 8.99. The molecule has 1 aromatic carbocycles. The van der Waals surface area contributed by atoms with Gasteiger partial charge in [0.15, 0.2) is 0 Å². The molecule has 0 saturated carbocycles. The fraction of sp³-hybridized carbons (Fsp3) is 0.429. The predicted molar refractivity (Wildman–Crippen MR) is 76.7 cm³/mol. The molecular weight excluding hydrogens is 262 g/mol. The van der Waals surface area contributed by atoms with Crippen molar-refractivity contribution in [2.75, 3.05) is 0 Å². The predicted octanol–water partition coefficient (Wildman–Crippen LogP) is 2.81. The molecule has 1 N–H and O–H groups in total. The van der Waals surface area contributed by atoms with Crippen molar-refractivity contribution in [3.63, 3.8) is 0 Å². The van der Waals surface area contributed by atoms with Gasteiger partial charge in [-0.2, -0.15) is 0 Å². The molecule has 0 saturated heterocycles. The number of aromatic nitrogens is 1. The van der Waals surface area contributed by atoms with Crippen LogP contribution in [0.2, 0.25) is 0 Å². The molecule has 2 rings (SSSR count). The van der Waals surface area contributed by atoms with Crippen LogP contribution in [0.3, 0.4) is 0 Å². The molecule has 0 bridgehead atoms. The van der Waals surface area contributed by atoms with Gasteiger partial charge in [-0.1, -0.05) is 37.5 Å². The Morgan fingerprint density at radius 3 is 2.63 bits per heavy atom. The molecule has 5 heteroatoms. The molecule has 0 spiro atoms. The number of carboxylic acid groups (broad SMARTS) is 1. The summed E-state index contributed by atoms with van der Waals surface area (Å²) in [6.45, 7) is 4.24. The van der Waals surface area contributed by atoms with E-state index in [1.54, 1.807) is 10.0 Å². The molecule has 0 aliphatic rings. The van der Waals surface area contributed by atoms with E-state index < -0.39 is 11.9 Å². The highest BCUT2D eigenvalue weighted by Gasteiger charge is 2.21. The average molecular weight is 279 g/mol. The highest BCUT2D eigenvalue weighted by Crippen LogP contribution is 2.19. The number of hydrogen-bond donors (Lipinski definition) is 1. The maximum atomic E-state index is 12.2. The lowest BCUT2D eigenvalue weighted by Crippen LogP contribution is -2.25. The SMILES string of the molecule is CC(C)CC(Cn1sc2ccccc2c1=O)C(=O)O. The number of nitrogens with zero attached hydrogens (tertiary/aromatic N) is 1. The third kappa shape index (κ3) is 3.04. The zero-order chi connectivity index (χ0) is 14.0. The van der Waals surface area contributed by atoms with Gasteiger partial charge in [0, 0.05) is 6.54 Å². The first-order valence-corrected chi connectivity index (χ1v) is 7.08. The van der Waals surface area contributed by atoms with Crippen LogP contribution in [0.4, 0.5) is 0 Å². The van der Waals surface area contributed by atoms with E-state index in [0.29, 0.717) is 17.7 Å². The van der Waals surface area contributed by atoms with Crippen LogP contribution in [0.1, 0.15) is 20.3 Å². The quantitative estimate of drug-likeness (QED) is 0.915. The zero-order valence-corrected chi connectivity index (χ0v) is 11.8. The van der Waals surface area contributed by atoms with Crippen molar-refractivity contribution in [2.24, 2.45) is 11.8 Å². The van der Waals surface area contributed by atoms with E-state index >= 15 is 0 Å². The molecule has 1 atom stereocenters. The minimum absolute atomic E-state index is 0.0874. The van der Waals surface area contributed by atoms with E-state index in [0.717, 1.165) is 4.70 Å². The van der Waals surface area contributed by atoms with Crippen molar-refractivity contribution < 1.29 is 9.90 Å².